The van der Waals surface area contributed by atoms with E-state index in [0.717, 1.165) is 15.8 Å². The van der Waals surface area contributed by atoms with E-state index in [9.17, 15) is 18.0 Å². The number of nitrogens with zero attached hydrogens (tertiary/aromatic N) is 4. The SMILES string of the molecule is Cc1nn(Cc2ccccc2Cl)c(C)c1NC(=O)c1cc2n(n1)[C@H](C(F)(F)F)C[C@H](c1ccccc1)N2. The molecule has 2 aromatic heterocycles. The molecule has 4 aromatic rings. The smallest absolute Gasteiger partial charge is 0.363 e. The van der Waals surface area contributed by atoms with E-state index in [4.69, 9.17) is 11.6 Å². The average molecular weight is 529 g/mol. The first-order valence-corrected chi connectivity index (χ1v) is 12.1. The second-order valence-corrected chi connectivity index (χ2v) is 9.42. The third-order valence-corrected chi connectivity index (χ3v) is 6.89. The Bertz CT molecular complexity index is 1450. The van der Waals surface area contributed by atoms with Gasteiger partial charge in [-0.25, -0.2) is 4.68 Å². The Morgan fingerprint density at radius 1 is 1.11 bits per heavy atom. The van der Waals surface area contributed by atoms with Crippen molar-refractivity contribution < 1.29 is 18.0 Å². The molecule has 0 spiro atoms. The van der Waals surface area contributed by atoms with Crippen LogP contribution >= 0.6 is 11.6 Å². The third kappa shape index (κ3) is 4.93. The molecule has 0 saturated heterocycles. The summed E-state index contributed by atoms with van der Waals surface area (Å²) in [5.74, 6) is -0.486. The average Bonchev–Trinajstić information content (AvgIpc) is 3.41. The van der Waals surface area contributed by atoms with Crippen LogP contribution in [0.15, 0.2) is 60.7 Å². The van der Waals surface area contributed by atoms with Crippen molar-refractivity contribution >= 4 is 29.0 Å². The number of alkyl halides is 3. The van der Waals surface area contributed by atoms with E-state index in [0.29, 0.717) is 28.6 Å². The minimum Gasteiger partial charge on any atom is -0.363 e. The summed E-state index contributed by atoms with van der Waals surface area (Å²) < 4.78 is 44.5. The van der Waals surface area contributed by atoms with E-state index in [1.807, 2.05) is 18.2 Å². The van der Waals surface area contributed by atoms with E-state index in [1.165, 1.54) is 6.07 Å². The van der Waals surface area contributed by atoms with Gasteiger partial charge in [-0.05, 0) is 31.0 Å². The fraction of sp³-hybridized carbons (Fsp3) is 0.269. The molecule has 2 N–H and O–H groups in total. The van der Waals surface area contributed by atoms with Crippen LogP contribution in [0.25, 0.3) is 0 Å². The van der Waals surface area contributed by atoms with Crippen LogP contribution in [0.4, 0.5) is 24.7 Å². The Labute approximate surface area is 216 Å². The molecule has 7 nitrogen and oxygen atoms in total. The first kappa shape index (κ1) is 24.9. The fourth-order valence-corrected chi connectivity index (χ4v) is 4.78. The van der Waals surface area contributed by atoms with Crippen molar-refractivity contribution in [2.75, 3.05) is 10.6 Å². The number of aromatic nitrogens is 4. The predicted octanol–water partition coefficient (Wildman–Crippen LogP) is 6.31. The highest BCUT2D eigenvalue weighted by molar-refractivity contribution is 6.31. The zero-order chi connectivity index (χ0) is 26.3. The lowest BCUT2D eigenvalue weighted by molar-refractivity contribution is -0.173. The van der Waals surface area contributed by atoms with Gasteiger partial charge in [-0.3, -0.25) is 9.48 Å². The van der Waals surface area contributed by atoms with Gasteiger partial charge in [0.1, 0.15) is 5.82 Å². The Morgan fingerprint density at radius 2 is 1.81 bits per heavy atom. The molecule has 0 radical (unpaired) electrons. The zero-order valence-electron chi connectivity index (χ0n) is 20.1. The molecule has 37 heavy (non-hydrogen) atoms. The van der Waals surface area contributed by atoms with Gasteiger partial charge in [0.05, 0.1) is 29.7 Å². The highest BCUT2D eigenvalue weighted by atomic mass is 35.5. The second-order valence-electron chi connectivity index (χ2n) is 9.01. The van der Waals surface area contributed by atoms with Crippen LogP contribution in [0.2, 0.25) is 5.02 Å². The number of benzene rings is 2. The van der Waals surface area contributed by atoms with Crippen LogP contribution in [0.3, 0.4) is 0 Å². The van der Waals surface area contributed by atoms with Crippen LogP contribution in [0.5, 0.6) is 0 Å². The molecule has 3 heterocycles. The van der Waals surface area contributed by atoms with Crippen molar-refractivity contribution in [2.45, 2.75) is 45.1 Å². The maximum absolute atomic E-state index is 14.0. The van der Waals surface area contributed by atoms with Crippen molar-refractivity contribution in [3.8, 4) is 0 Å². The van der Waals surface area contributed by atoms with Gasteiger partial charge in [0.2, 0.25) is 0 Å². The first-order valence-electron chi connectivity index (χ1n) is 11.7. The fourth-order valence-electron chi connectivity index (χ4n) is 4.59. The van der Waals surface area contributed by atoms with E-state index >= 15 is 0 Å². The number of nitrogens with one attached hydrogen (secondary N) is 2. The number of fused-ring (bicyclic) bond motifs is 1. The number of hydrogen-bond donors (Lipinski definition) is 2. The van der Waals surface area contributed by atoms with Crippen LogP contribution in [-0.2, 0) is 6.54 Å². The zero-order valence-corrected chi connectivity index (χ0v) is 20.8. The highest BCUT2D eigenvalue weighted by Gasteiger charge is 2.46. The van der Waals surface area contributed by atoms with E-state index in [-0.39, 0.29) is 17.9 Å². The number of carbonyl (C=O) groups excluding carboxylic acids is 1. The summed E-state index contributed by atoms with van der Waals surface area (Å²) in [5.41, 5.74) is 3.20. The van der Waals surface area contributed by atoms with Gasteiger partial charge in [-0.15, -0.1) is 0 Å². The summed E-state index contributed by atoms with van der Waals surface area (Å²) in [6, 6.07) is 15.2. The van der Waals surface area contributed by atoms with E-state index in [2.05, 4.69) is 20.8 Å². The Kier molecular flexibility index (Phi) is 6.45. The van der Waals surface area contributed by atoms with Gasteiger partial charge in [-0.2, -0.15) is 23.4 Å². The topological polar surface area (TPSA) is 76.8 Å². The molecule has 0 saturated carbocycles. The van der Waals surface area contributed by atoms with E-state index < -0.39 is 24.2 Å². The van der Waals surface area contributed by atoms with Gasteiger partial charge in [0.25, 0.3) is 5.91 Å². The Hall–Kier alpha value is -3.79. The quantitative estimate of drug-likeness (QED) is 0.318. The summed E-state index contributed by atoms with van der Waals surface area (Å²) in [4.78, 5) is 13.1. The van der Waals surface area contributed by atoms with Gasteiger partial charge < -0.3 is 10.6 Å². The minimum absolute atomic E-state index is 0.122. The van der Waals surface area contributed by atoms with Crippen LogP contribution < -0.4 is 10.6 Å². The molecule has 11 heteroatoms. The van der Waals surface area contributed by atoms with Gasteiger partial charge in [-0.1, -0.05) is 60.1 Å². The lowest BCUT2D eigenvalue weighted by Gasteiger charge is -2.33. The largest absolute Gasteiger partial charge is 0.410 e. The molecule has 0 fully saturated rings. The number of amides is 1. The molecule has 0 bridgehead atoms. The molecule has 0 aliphatic carbocycles. The minimum atomic E-state index is -4.53. The van der Waals surface area contributed by atoms with E-state index in [1.54, 1.807) is 54.9 Å². The summed E-state index contributed by atoms with van der Waals surface area (Å²) >= 11 is 6.27. The van der Waals surface area contributed by atoms with Crippen LogP contribution in [0.1, 0.15) is 51.5 Å². The van der Waals surface area contributed by atoms with Crippen molar-refractivity contribution in [3.05, 3.63) is 93.9 Å². The second kappa shape index (κ2) is 9.59. The van der Waals surface area contributed by atoms with Crippen molar-refractivity contribution in [1.82, 2.24) is 19.6 Å². The van der Waals surface area contributed by atoms with Crippen molar-refractivity contribution in [1.29, 1.82) is 0 Å². The monoisotopic (exact) mass is 528 g/mol. The molecular formula is C26H24ClF3N6O. The molecule has 1 amide bonds. The van der Waals surface area contributed by atoms with Crippen LogP contribution in [-0.4, -0.2) is 31.6 Å². The normalized spacial score (nSPS) is 17.2. The maximum atomic E-state index is 14.0. The molecule has 5 rings (SSSR count). The van der Waals surface area contributed by atoms with Crippen molar-refractivity contribution in [2.24, 2.45) is 0 Å². The number of rotatable bonds is 5. The van der Waals surface area contributed by atoms with Crippen molar-refractivity contribution in [3.63, 3.8) is 0 Å². The molecule has 2 aromatic carbocycles. The predicted molar refractivity (Wildman–Crippen MR) is 135 cm³/mol. The van der Waals surface area contributed by atoms with Gasteiger partial charge >= 0.3 is 6.18 Å². The number of halogens is 4. The Balaban J connectivity index is 1.40. The van der Waals surface area contributed by atoms with Gasteiger partial charge in [0, 0.05) is 17.5 Å². The lowest BCUT2D eigenvalue weighted by atomic mass is 9.97. The molecule has 192 valence electrons. The number of anilines is 2. The third-order valence-electron chi connectivity index (χ3n) is 6.52. The number of aryl methyl sites for hydroxylation is 1. The molecular weight excluding hydrogens is 505 g/mol. The highest BCUT2D eigenvalue weighted by Crippen LogP contribution is 2.43. The number of hydrogen-bond acceptors (Lipinski definition) is 4. The summed E-state index contributed by atoms with van der Waals surface area (Å²) in [7, 11) is 0. The molecule has 1 aliphatic heterocycles. The van der Waals surface area contributed by atoms with Gasteiger partial charge in [0.15, 0.2) is 11.7 Å². The molecule has 0 unspecified atom stereocenters. The van der Waals surface area contributed by atoms with Crippen LogP contribution in [0, 0.1) is 13.8 Å². The molecule has 2 atom stereocenters. The summed E-state index contributed by atoms with van der Waals surface area (Å²) in [5, 5.41) is 15.0. The summed E-state index contributed by atoms with van der Waals surface area (Å²) in [6.07, 6.45) is -4.77. The molecule has 1 aliphatic rings. The maximum Gasteiger partial charge on any atom is 0.410 e. The number of carbonyl (C=O) groups is 1. The lowest BCUT2D eigenvalue weighted by Crippen LogP contribution is -2.35. The standard InChI is InChI=1S/C26H24ClF3N6O/c1-15-24(16(2)35(33-15)14-18-10-6-7-11-19(18)27)32-25(37)21-13-23-31-20(17-8-4-3-5-9-17)12-22(26(28,29)30)36(23)34-21/h3-11,13,20,22,31H,12,14H2,1-2H3,(H,32,37)/t20-,22+/m1/s1. The first-order chi connectivity index (χ1) is 17.6. The Morgan fingerprint density at radius 3 is 2.51 bits per heavy atom. The summed E-state index contributed by atoms with van der Waals surface area (Å²) in [6.45, 7) is 3.95.